The lowest BCUT2D eigenvalue weighted by Gasteiger charge is -1.95. The third kappa shape index (κ3) is 10.3. The van der Waals surface area contributed by atoms with Crippen LogP contribution >= 0.6 is 0 Å². The minimum Gasteiger partial charge on any atom is -0.340 e. The number of nitrogens with two attached hydrogens (primary N) is 1. The number of imidazole rings is 1. The van der Waals surface area contributed by atoms with Gasteiger partial charge in [-0.2, -0.15) is 16.8 Å². The van der Waals surface area contributed by atoms with Gasteiger partial charge >= 0.3 is 0 Å². The lowest BCUT2D eigenvalue weighted by Crippen LogP contribution is -2.02. The summed E-state index contributed by atoms with van der Waals surface area (Å²) in [6.07, 6.45) is 4.64. The monoisotopic (exact) mass is 469 g/mol. The molecule has 0 aliphatic carbocycles. The predicted molar refractivity (Wildman–Crippen MR) is 118 cm³/mol. The average Bonchev–Trinajstić information content (AvgIpc) is 3.07. The molecule has 0 aliphatic rings. The van der Waals surface area contributed by atoms with Gasteiger partial charge in [-0.05, 0) is 44.7 Å². The van der Waals surface area contributed by atoms with E-state index in [4.69, 9.17) is 14.8 Å². The van der Waals surface area contributed by atoms with Crippen molar-refractivity contribution >= 4 is 20.2 Å². The Labute approximate surface area is 183 Å². The standard InChI is InChI=1S/2C7H8O3S.C6H11N3/c2*1-6-2-4-7(5-3-6)11(8,9)10;1-9-4-6(2-3-7)8-5-9/h2*2-5H,1H3,(H,8,9,10);4-5H,2-3,7H2,1H3. The molecule has 0 aliphatic heterocycles. The summed E-state index contributed by atoms with van der Waals surface area (Å²) in [6, 6.07) is 12.0. The Morgan fingerprint density at radius 3 is 1.48 bits per heavy atom. The normalized spacial score (nSPS) is 11.0. The van der Waals surface area contributed by atoms with E-state index in [1.165, 1.54) is 24.3 Å². The molecule has 0 saturated carbocycles. The Bertz CT molecular complexity index is 1080. The van der Waals surface area contributed by atoms with E-state index in [1.54, 1.807) is 30.6 Å². The van der Waals surface area contributed by atoms with Crippen molar-refractivity contribution in [2.75, 3.05) is 6.54 Å². The molecule has 0 radical (unpaired) electrons. The molecule has 31 heavy (non-hydrogen) atoms. The van der Waals surface area contributed by atoms with E-state index < -0.39 is 20.2 Å². The highest BCUT2D eigenvalue weighted by Gasteiger charge is 2.07. The summed E-state index contributed by atoms with van der Waals surface area (Å²) < 4.78 is 61.0. The summed E-state index contributed by atoms with van der Waals surface area (Å²) in [7, 11) is -6.09. The van der Waals surface area contributed by atoms with Crippen molar-refractivity contribution in [1.29, 1.82) is 0 Å². The van der Waals surface area contributed by atoms with Gasteiger partial charge in [-0.15, -0.1) is 0 Å². The van der Waals surface area contributed by atoms with Crippen molar-refractivity contribution in [3.63, 3.8) is 0 Å². The number of aryl methyl sites for hydroxylation is 3. The molecule has 0 atom stereocenters. The van der Waals surface area contributed by atoms with Crippen LogP contribution in [-0.4, -0.2) is 42.0 Å². The quantitative estimate of drug-likeness (QED) is 0.492. The third-order valence-corrected chi connectivity index (χ3v) is 5.53. The Kier molecular flexibility index (Phi) is 10.0. The summed E-state index contributed by atoms with van der Waals surface area (Å²) in [4.78, 5) is 3.96. The maximum atomic E-state index is 10.5. The van der Waals surface area contributed by atoms with Crippen LogP contribution < -0.4 is 5.73 Å². The van der Waals surface area contributed by atoms with Crippen molar-refractivity contribution in [3.05, 3.63) is 77.9 Å². The average molecular weight is 470 g/mol. The topological polar surface area (TPSA) is 153 Å². The van der Waals surface area contributed by atoms with Crippen LogP contribution in [0.3, 0.4) is 0 Å². The van der Waals surface area contributed by atoms with Crippen LogP contribution in [0.15, 0.2) is 70.8 Å². The molecule has 11 heteroatoms. The number of benzene rings is 2. The molecule has 0 saturated heterocycles. The molecule has 0 unspecified atom stereocenters. The second kappa shape index (κ2) is 11.7. The van der Waals surface area contributed by atoms with Gasteiger partial charge in [-0.1, -0.05) is 35.4 Å². The molecular formula is C20H27N3O6S2. The zero-order valence-electron chi connectivity index (χ0n) is 17.5. The van der Waals surface area contributed by atoms with Crippen LogP contribution in [0.25, 0.3) is 0 Å². The fraction of sp³-hybridized carbons (Fsp3) is 0.250. The van der Waals surface area contributed by atoms with Gasteiger partial charge in [0.05, 0.1) is 21.8 Å². The van der Waals surface area contributed by atoms with E-state index in [-0.39, 0.29) is 9.79 Å². The van der Waals surface area contributed by atoms with Gasteiger partial charge in [0.2, 0.25) is 0 Å². The summed E-state index contributed by atoms with van der Waals surface area (Å²) in [6.45, 7) is 4.36. The number of rotatable bonds is 4. The van der Waals surface area contributed by atoms with Crippen LogP contribution in [0.4, 0.5) is 0 Å². The van der Waals surface area contributed by atoms with Crippen LogP contribution in [0, 0.1) is 13.8 Å². The Morgan fingerprint density at radius 1 is 0.839 bits per heavy atom. The molecule has 3 rings (SSSR count). The lowest BCUT2D eigenvalue weighted by atomic mass is 10.2. The van der Waals surface area contributed by atoms with Gasteiger partial charge in [-0.3, -0.25) is 9.11 Å². The fourth-order valence-electron chi connectivity index (χ4n) is 2.16. The maximum Gasteiger partial charge on any atom is 0.294 e. The minimum absolute atomic E-state index is 0.0666. The third-order valence-electron chi connectivity index (χ3n) is 3.80. The summed E-state index contributed by atoms with van der Waals surface area (Å²) in [5.74, 6) is 0. The predicted octanol–water partition coefficient (Wildman–Crippen LogP) is 2.40. The molecule has 0 fully saturated rings. The molecule has 4 N–H and O–H groups in total. The first-order valence-electron chi connectivity index (χ1n) is 9.08. The number of hydrogen-bond acceptors (Lipinski definition) is 6. The number of nitrogens with zero attached hydrogens (tertiary/aromatic N) is 2. The largest absolute Gasteiger partial charge is 0.340 e. The number of hydrogen-bond donors (Lipinski definition) is 3. The Balaban J connectivity index is 0.000000234. The SMILES string of the molecule is Cc1ccc(S(=O)(=O)O)cc1.Cc1ccc(S(=O)(=O)O)cc1.Cn1cnc(CCN)c1. The van der Waals surface area contributed by atoms with E-state index in [0.29, 0.717) is 6.54 Å². The van der Waals surface area contributed by atoms with Crippen LogP contribution in [0.2, 0.25) is 0 Å². The highest BCUT2D eigenvalue weighted by molar-refractivity contribution is 7.86. The molecule has 0 bridgehead atoms. The first-order chi connectivity index (χ1) is 14.3. The lowest BCUT2D eigenvalue weighted by molar-refractivity contribution is 0.481. The first kappa shape index (κ1) is 26.5. The summed E-state index contributed by atoms with van der Waals surface area (Å²) in [5.41, 5.74) is 8.30. The zero-order chi connectivity index (χ0) is 23.7. The van der Waals surface area contributed by atoms with Crippen molar-refractivity contribution in [1.82, 2.24) is 9.55 Å². The van der Waals surface area contributed by atoms with E-state index >= 15 is 0 Å². The Morgan fingerprint density at radius 2 is 1.23 bits per heavy atom. The highest BCUT2D eigenvalue weighted by atomic mass is 32.2. The van der Waals surface area contributed by atoms with Gasteiger partial charge in [0.15, 0.2) is 0 Å². The van der Waals surface area contributed by atoms with E-state index in [9.17, 15) is 16.8 Å². The molecule has 0 spiro atoms. The van der Waals surface area contributed by atoms with Gasteiger partial charge < -0.3 is 10.3 Å². The van der Waals surface area contributed by atoms with Crippen molar-refractivity contribution in [2.45, 2.75) is 30.1 Å². The number of aromatic nitrogens is 2. The molecular weight excluding hydrogens is 442 g/mol. The molecule has 9 nitrogen and oxygen atoms in total. The molecule has 0 amide bonds. The van der Waals surface area contributed by atoms with Crippen molar-refractivity contribution < 1.29 is 25.9 Å². The van der Waals surface area contributed by atoms with Gasteiger partial charge in [-0.25, -0.2) is 4.98 Å². The second-order valence-electron chi connectivity index (χ2n) is 6.65. The fourth-order valence-corrected chi connectivity index (χ4v) is 3.12. The van der Waals surface area contributed by atoms with Crippen LogP contribution in [0.1, 0.15) is 16.8 Å². The highest BCUT2D eigenvalue weighted by Crippen LogP contribution is 2.09. The Hall–Kier alpha value is -2.57. The second-order valence-corrected chi connectivity index (χ2v) is 9.49. The maximum absolute atomic E-state index is 10.5. The molecule has 1 heterocycles. The minimum atomic E-state index is -4.02. The van der Waals surface area contributed by atoms with Gasteiger partial charge in [0.25, 0.3) is 20.2 Å². The van der Waals surface area contributed by atoms with E-state index in [0.717, 1.165) is 23.2 Å². The first-order valence-corrected chi connectivity index (χ1v) is 12.0. The van der Waals surface area contributed by atoms with Crippen molar-refractivity contribution in [2.24, 2.45) is 12.8 Å². The van der Waals surface area contributed by atoms with E-state index in [1.807, 2.05) is 31.7 Å². The molecule has 1 aromatic heterocycles. The molecule has 3 aromatic rings. The molecule has 170 valence electrons. The van der Waals surface area contributed by atoms with Crippen LogP contribution in [-0.2, 0) is 33.7 Å². The summed E-state index contributed by atoms with van der Waals surface area (Å²) in [5, 5.41) is 0. The van der Waals surface area contributed by atoms with Gasteiger partial charge in [0, 0.05) is 19.7 Å². The van der Waals surface area contributed by atoms with E-state index in [2.05, 4.69) is 4.98 Å². The van der Waals surface area contributed by atoms with Crippen molar-refractivity contribution in [3.8, 4) is 0 Å². The zero-order valence-corrected chi connectivity index (χ0v) is 19.1. The van der Waals surface area contributed by atoms with Crippen LogP contribution in [0.5, 0.6) is 0 Å². The summed E-state index contributed by atoms with van der Waals surface area (Å²) >= 11 is 0. The smallest absolute Gasteiger partial charge is 0.294 e. The van der Waals surface area contributed by atoms with Gasteiger partial charge in [0.1, 0.15) is 0 Å². The molecule has 2 aromatic carbocycles.